The Kier molecular flexibility index (Phi) is 6.49. The minimum absolute atomic E-state index is 0.0666. The molecule has 1 aliphatic heterocycles. The Hall–Kier alpha value is -2.96. The van der Waals surface area contributed by atoms with Crippen molar-refractivity contribution in [3.63, 3.8) is 0 Å². The number of amides is 2. The number of rotatable bonds is 7. The molecule has 2 atom stereocenters. The number of aryl methyl sites for hydroxylation is 1. The number of carbonyl (C=O) groups excluding carboxylic acids is 2. The summed E-state index contributed by atoms with van der Waals surface area (Å²) in [6.45, 7) is 2.91. The van der Waals surface area contributed by atoms with E-state index in [2.05, 4.69) is 12.2 Å². The zero-order chi connectivity index (χ0) is 21.8. The lowest BCUT2D eigenvalue weighted by atomic mass is 9.81. The molecule has 0 unspecified atom stereocenters. The molecule has 1 aromatic heterocycles. The number of ether oxygens (including phenoxy) is 1. The van der Waals surface area contributed by atoms with Crippen LogP contribution in [0.1, 0.15) is 45.2 Å². The number of anilines is 1. The average molecular weight is 435 g/mol. The number of nitrogens with one attached hydrogen (secondary N) is 1. The number of hydrogen-bond acceptors (Lipinski definition) is 4. The van der Waals surface area contributed by atoms with Gasteiger partial charge in [-0.2, -0.15) is 0 Å². The van der Waals surface area contributed by atoms with Gasteiger partial charge >= 0.3 is 0 Å². The fourth-order valence-electron chi connectivity index (χ4n) is 4.18. The summed E-state index contributed by atoms with van der Waals surface area (Å²) in [6, 6.07) is 18.9. The van der Waals surface area contributed by atoms with Crippen molar-refractivity contribution in [2.24, 2.45) is 0 Å². The summed E-state index contributed by atoms with van der Waals surface area (Å²) in [5, 5.41) is 5.09. The Morgan fingerprint density at radius 2 is 1.97 bits per heavy atom. The van der Waals surface area contributed by atoms with Crippen molar-refractivity contribution in [1.82, 2.24) is 4.90 Å². The van der Waals surface area contributed by atoms with Crippen LogP contribution in [0.5, 0.6) is 0 Å². The first-order valence-electron chi connectivity index (χ1n) is 10.5. The first kappa shape index (κ1) is 21.3. The molecule has 0 bridgehead atoms. The van der Waals surface area contributed by atoms with Crippen molar-refractivity contribution >= 4 is 28.8 Å². The molecule has 5 nitrogen and oxygen atoms in total. The van der Waals surface area contributed by atoms with Crippen molar-refractivity contribution < 1.29 is 14.3 Å². The van der Waals surface area contributed by atoms with Crippen LogP contribution in [0.25, 0.3) is 0 Å². The van der Waals surface area contributed by atoms with Gasteiger partial charge in [-0.1, -0.05) is 43.3 Å². The van der Waals surface area contributed by atoms with E-state index in [4.69, 9.17) is 4.74 Å². The number of nitrogens with zero attached hydrogens (tertiary/aromatic N) is 1. The second-order valence-corrected chi connectivity index (χ2v) is 8.54. The number of benzene rings is 2. The first-order valence-corrected chi connectivity index (χ1v) is 11.3. The summed E-state index contributed by atoms with van der Waals surface area (Å²) in [7, 11) is 1.62. The predicted octanol–water partition coefficient (Wildman–Crippen LogP) is 4.88. The van der Waals surface area contributed by atoms with Gasteiger partial charge in [0.25, 0.3) is 5.91 Å². The number of hydrogen-bond donors (Lipinski definition) is 1. The van der Waals surface area contributed by atoms with Gasteiger partial charge in [-0.15, -0.1) is 11.3 Å². The second-order valence-electron chi connectivity index (χ2n) is 7.56. The van der Waals surface area contributed by atoms with Gasteiger partial charge in [0.2, 0.25) is 5.91 Å². The van der Waals surface area contributed by atoms with Crippen molar-refractivity contribution in [2.45, 2.75) is 25.3 Å². The molecule has 2 aromatic carbocycles. The largest absolute Gasteiger partial charge is 0.383 e. The fourth-order valence-corrected chi connectivity index (χ4v) is 5.05. The van der Waals surface area contributed by atoms with Crippen molar-refractivity contribution in [2.75, 3.05) is 25.6 Å². The van der Waals surface area contributed by atoms with Crippen LogP contribution in [-0.4, -0.2) is 37.0 Å². The number of thiophene rings is 1. The minimum Gasteiger partial charge on any atom is -0.383 e. The van der Waals surface area contributed by atoms with Crippen LogP contribution in [0.4, 0.5) is 5.69 Å². The van der Waals surface area contributed by atoms with E-state index < -0.39 is 5.92 Å². The summed E-state index contributed by atoms with van der Waals surface area (Å²) in [4.78, 5) is 29.8. The van der Waals surface area contributed by atoms with E-state index in [1.54, 1.807) is 29.4 Å². The molecule has 0 fully saturated rings. The van der Waals surface area contributed by atoms with Gasteiger partial charge in [-0.3, -0.25) is 9.59 Å². The lowest BCUT2D eigenvalue weighted by molar-refractivity contribution is -0.119. The maximum atomic E-state index is 13.7. The van der Waals surface area contributed by atoms with E-state index >= 15 is 0 Å². The van der Waals surface area contributed by atoms with Gasteiger partial charge in [0.15, 0.2) is 0 Å². The highest BCUT2D eigenvalue weighted by Crippen LogP contribution is 2.44. The normalized spacial score (nSPS) is 18.0. The van der Waals surface area contributed by atoms with E-state index in [-0.39, 0.29) is 17.9 Å². The summed E-state index contributed by atoms with van der Waals surface area (Å²) in [5.74, 6) is -0.702. The molecule has 31 heavy (non-hydrogen) atoms. The molecule has 4 rings (SSSR count). The van der Waals surface area contributed by atoms with Crippen LogP contribution in [0.15, 0.2) is 66.0 Å². The van der Waals surface area contributed by atoms with Crippen LogP contribution in [0.2, 0.25) is 0 Å². The van der Waals surface area contributed by atoms with Gasteiger partial charge in [-0.25, -0.2) is 0 Å². The van der Waals surface area contributed by atoms with E-state index in [1.165, 1.54) is 0 Å². The Bertz CT molecular complexity index is 1060. The SMILES string of the molecule is CCc1cccc(NC(=O)[C@@H]2c3ccccc3C(=O)N(CCOC)[C@H]2c2cccs2)c1. The topological polar surface area (TPSA) is 58.6 Å². The third-order valence-corrected chi connectivity index (χ3v) is 6.64. The molecule has 2 heterocycles. The molecule has 1 aliphatic rings. The van der Waals surface area contributed by atoms with Crippen molar-refractivity contribution in [3.8, 4) is 0 Å². The molecular formula is C25H26N2O3S. The molecular weight excluding hydrogens is 408 g/mol. The smallest absolute Gasteiger partial charge is 0.254 e. The molecule has 160 valence electrons. The highest BCUT2D eigenvalue weighted by molar-refractivity contribution is 7.10. The Balaban J connectivity index is 1.78. The van der Waals surface area contributed by atoms with Crippen molar-refractivity contribution in [3.05, 3.63) is 87.6 Å². The fraction of sp³-hybridized carbons (Fsp3) is 0.280. The quantitative estimate of drug-likeness (QED) is 0.577. The summed E-state index contributed by atoms with van der Waals surface area (Å²) < 4.78 is 5.27. The molecule has 6 heteroatoms. The number of carbonyl (C=O) groups is 2. The van der Waals surface area contributed by atoms with Crippen LogP contribution in [0, 0.1) is 0 Å². The van der Waals surface area contributed by atoms with Gasteiger partial charge < -0.3 is 15.0 Å². The number of fused-ring (bicyclic) bond motifs is 1. The van der Waals surface area contributed by atoms with Crippen LogP contribution in [0.3, 0.4) is 0 Å². The highest BCUT2D eigenvalue weighted by atomic mass is 32.1. The van der Waals surface area contributed by atoms with Crippen LogP contribution < -0.4 is 5.32 Å². The van der Waals surface area contributed by atoms with Gasteiger partial charge in [0.05, 0.1) is 18.6 Å². The molecule has 0 radical (unpaired) electrons. The van der Waals surface area contributed by atoms with Crippen molar-refractivity contribution in [1.29, 1.82) is 0 Å². The number of methoxy groups -OCH3 is 1. The van der Waals surface area contributed by atoms with E-state index in [0.717, 1.165) is 28.1 Å². The monoisotopic (exact) mass is 434 g/mol. The van der Waals surface area contributed by atoms with E-state index in [9.17, 15) is 9.59 Å². The summed E-state index contributed by atoms with van der Waals surface area (Å²) in [5.41, 5.74) is 3.28. The van der Waals surface area contributed by atoms with Gasteiger partial charge in [0.1, 0.15) is 0 Å². The lowest BCUT2D eigenvalue weighted by Gasteiger charge is -2.41. The molecule has 2 amide bonds. The Morgan fingerprint density at radius 3 is 2.71 bits per heavy atom. The Morgan fingerprint density at radius 1 is 1.13 bits per heavy atom. The minimum atomic E-state index is -0.519. The standard InChI is InChI=1S/C25H26N2O3S/c1-3-17-8-6-9-18(16-17)26-24(28)22-19-10-4-5-11-20(19)25(29)27(13-14-30-2)23(22)21-12-7-15-31-21/h4-12,15-16,22-23H,3,13-14H2,1-2H3,(H,26,28)/t22-,23+/m1/s1. The predicted molar refractivity (Wildman–Crippen MR) is 124 cm³/mol. The molecule has 0 saturated heterocycles. The lowest BCUT2D eigenvalue weighted by Crippen LogP contribution is -2.47. The molecule has 0 spiro atoms. The van der Waals surface area contributed by atoms with E-state index in [1.807, 2.05) is 60.0 Å². The molecule has 0 saturated carbocycles. The first-order chi connectivity index (χ1) is 15.1. The zero-order valence-corrected chi connectivity index (χ0v) is 18.5. The second kappa shape index (κ2) is 9.45. The van der Waals surface area contributed by atoms with Gasteiger partial charge in [-0.05, 0) is 47.2 Å². The Labute approximate surface area is 186 Å². The van der Waals surface area contributed by atoms with Crippen LogP contribution >= 0.6 is 11.3 Å². The molecule has 1 N–H and O–H groups in total. The third kappa shape index (κ3) is 4.27. The summed E-state index contributed by atoms with van der Waals surface area (Å²) >= 11 is 1.56. The zero-order valence-electron chi connectivity index (χ0n) is 17.7. The summed E-state index contributed by atoms with van der Waals surface area (Å²) in [6.07, 6.45) is 0.896. The molecule has 0 aliphatic carbocycles. The average Bonchev–Trinajstić information content (AvgIpc) is 3.33. The molecule has 3 aromatic rings. The van der Waals surface area contributed by atoms with Crippen LogP contribution in [-0.2, 0) is 16.0 Å². The highest BCUT2D eigenvalue weighted by Gasteiger charge is 2.44. The maximum absolute atomic E-state index is 13.7. The van der Waals surface area contributed by atoms with Gasteiger partial charge in [0, 0.05) is 29.8 Å². The third-order valence-electron chi connectivity index (χ3n) is 5.69. The maximum Gasteiger partial charge on any atom is 0.254 e. The van der Waals surface area contributed by atoms with E-state index in [0.29, 0.717) is 18.7 Å².